The predicted octanol–water partition coefficient (Wildman–Crippen LogP) is 0.885. The average Bonchev–Trinajstić information content (AvgIpc) is 2.69. The van der Waals surface area contributed by atoms with Crippen LogP contribution in [0.5, 0.6) is 0 Å². The van der Waals surface area contributed by atoms with Crippen molar-refractivity contribution in [2.75, 3.05) is 37.7 Å². The molecule has 2 heterocycles. The number of hydrogen-bond acceptors (Lipinski definition) is 4. The molecule has 0 spiro atoms. The van der Waals surface area contributed by atoms with E-state index in [9.17, 15) is 8.42 Å². The first kappa shape index (κ1) is 14.3. The molecule has 2 fully saturated rings. The van der Waals surface area contributed by atoms with Gasteiger partial charge in [-0.2, -0.15) is 0 Å². The largest absolute Gasteiger partial charge is 0.312 e. The van der Waals surface area contributed by atoms with E-state index in [-0.39, 0.29) is 6.04 Å². The summed E-state index contributed by atoms with van der Waals surface area (Å²) in [5, 5.41) is 3.40. The van der Waals surface area contributed by atoms with Crippen LogP contribution in [0.1, 0.15) is 32.6 Å². The molecule has 106 valence electrons. The van der Waals surface area contributed by atoms with Crippen LogP contribution in [-0.4, -0.2) is 57.0 Å². The highest BCUT2D eigenvalue weighted by Gasteiger charge is 2.27. The van der Waals surface area contributed by atoms with Crippen LogP contribution in [0.15, 0.2) is 0 Å². The van der Waals surface area contributed by atoms with Gasteiger partial charge in [0, 0.05) is 25.7 Å². The molecular formula is C13H26N2O2S. The van der Waals surface area contributed by atoms with E-state index in [4.69, 9.17) is 0 Å². The smallest absolute Gasteiger partial charge is 0.151 e. The molecule has 2 aliphatic rings. The summed E-state index contributed by atoms with van der Waals surface area (Å²) in [7, 11) is -2.74. The predicted molar refractivity (Wildman–Crippen MR) is 74.5 cm³/mol. The quantitative estimate of drug-likeness (QED) is 0.809. The summed E-state index contributed by atoms with van der Waals surface area (Å²) in [6.07, 6.45) is 4.77. The minimum Gasteiger partial charge on any atom is -0.312 e. The third-order valence-corrected chi connectivity index (χ3v) is 6.04. The molecule has 2 saturated heterocycles. The van der Waals surface area contributed by atoms with Gasteiger partial charge in [0.15, 0.2) is 9.84 Å². The van der Waals surface area contributed by atoms with Crippen LogP contribution >= 0.6 is 0 Å². The second-order valence-corrected chi connectivity index (χ2v) is 8.00. The third-order valence-electron chi connectivity index (χ3n) is 4.27. The monoisotopic (exact) mass is 274 g/mol. The third kappa shape index (κ3) is 4.21. The second-order valence-electron chi connectivity index (χ2n) is 5.77. The van der Waals surface area contributed by atoms with E-state index in [2.05, 4.69) is 17.1 Å². The first-order chi connectivity index (χ1) is 8.59. The van der Waals surface area contributed by atoms with E-state index in [0.717, 1.165) is 25.4 Å². The normalized spacial score (nSPS) is 32.7. The van der Waals surface area contributed by atoms with Crippen LogP contribution in [0.4, 0.5) is 0 Å². The van der Waals surface area contributed by atoms with Gasteiger partial charge in [-0.3, -0.25) is 0 Å². The molecule has 0 saturated carbocycles. The summed E-state index contributed by atoms with van der Waals surface area (Å²) >= 11 is 0. The van der Waals surface area contributed by atoms with Gasteiger partial charge in [0.25, 0.3) is 0 Å². The van der Waals surface area contributed by atoms with Gasteiger partial charge >= 0.3 is 0 Å². The molecule has 0 aromatic rings. The van der Waals surface area contributed by atoms with Gasteiger partial charge < -0.3 is 10.2 Å². The summed E-state index contributed by atoms with van der Waals surface area (Å²) in [5.41, 5.74) is 0. The minimum absolute atomic E-state index is 0.196. The Morgan fingerprint density at radius 1 is 1.33 bits per heavy atom. The lowest BCUT2D eigenvalue weighted by Crippen LogP contribution is -2.41. The first-order valence-corrected chi connectivity index (χ1v) is 9.07. The van der Waals surface area contributed by atoms with Crippen molar-refractivity contribution in [2.45, 2.75) is 38.6 Å². The van der Waals surface area contributed by atoms with Crippen LogP contribution in [-0.2, 0) is 9.84 Å². The highest BCUT2D eigenvalue weighted by molar-refractivity contribution is 7.91. The van der Waals surface area contributed by atoms with Gasteiger partial charge in [0.05, 0.1) is 11.5 Å². The maximum atomic E-state index is 11.3. The molecule has 0 bridgehead atoms. The molecule has 2 aliphatic heterocycles. The van der Waals surface area contributed by atoms with Gasteiger partial charge in [-0.1, -0.05) is 13.3 Å². The highest BCUT2D eigenvalue weighted by Crippen LogP contribution is 2.18. The van der Waals surface area contributed by atoms with E-state index in [1.807, 2.05) is 0 Å². The van der Waals surface area contributed by atoms with Crippen molar-refractivity contribution in [2.24, 2.45) is 5.92 Å². The number of hydrogen-bond donors (Lipinski definition) is 1. The fourth-order valence-corrected chi connectivity index (χ4v) is 4.78. The van der Waals surface area contributed by atoms with Gasteiger partial charge in [-0.15, -0.1) is 0 Å². The molecule has 0 aromatic heterocycles. The number of sulfone groups is 1. The van der Waals surface area contributed by atoms with Crippen LogP contribution in [0, 0.1) is 5.92 Å². The van der Waals surface area contributed by atoms with Crippen molar-refractivity contribution in [3.63, 3.8) is 0 Å². The van der Waals surface area contributed by atoms with E-state index in [1.54, 1.807) is 0 Å². The summed E-state index contributed by atoms with van der Waals surface area (Å²) in [5.74, 6) is 1.57. The Bertz CT molecular complexity index is 356. The molecule has 2 atom stereocenters. The van der Waals surface area contributed by atoms with Crippen LogP contribution < -0.4 is 5.32 Å². The van der Waals surface area contributed by atoms with Crippen LogP contribution in [0.2, 0.25) is 0 Å². The lowest BCUT2D eigenvalue weighted by Gasteiger charge is -2.32. The summed E-state index contributed by atoms with van der Waals surface area (Å²) in [4.78, 5) is 2.52. The van der Waals surface area contributed by atoms with Gasteiger partial charge in [-0.25, -0.2) is 8.42 Å². The lowest BCUT2D eigenvalue weighted by atomic mass is 9.96. The topological polar surface area (TPSA) is 49.4 Å². The van der Waals surface area contributed by atoms with E-state index in [1.165, 1.54) is 32.4 Å². The number of likely N-dealkylation sites (tertiary alicyclic amines) is 1. The average molecular weight is 274 g/mol. The number of piperidine rings is 1. The fourth-order valence-electron chi connectivity index (χ4n) is 3.07. The maximum absolute atomic E-state index is 11.3. The Morgan fingerprint density at radius 2 is 2.17 bits per heavy atom. The first-order valence-electron chi connectivity index (χ1n) is 7.25. The molecule has 0 amide bonds. The lowest BCUT2D eigenvalue weighted by molar-refractivity contribution is 0.171. The Kier molecular flexibility index (Phi) is 5.04. The van der Waals surface area contributed by atoms with E-state index < -0.39 is 9.84 Å². The van der Waals surface area contributed by atoms with Gasteiger partial charge in [-0.05, 0) is 31.7 Å². The fraction of sp³-hybridized carbons (Fsp3) is 1.00. The van der Waals surface area contributed by atoms with E-state index >= 15 is 0 Å². The minimum atomic E-state index is -2.74. The van der Waals surface area contributed by atoms with Gasteiger partial charge in [0.1, 0.15) is 0 Å². The Hall–Kier alpha value is -0.130. The summed E-state index contributed by atoms with van der Waals surface area (Å²) < 4.78 is 22.7. The van der Waals surface area contributed by atoms with Gasteiger partial charge in [0.2, 0.25) is 0 Å². The zero-order valence-electron chi connectivity index (χ0n) is 11.4. The van der Waals surface area contributed by atoms with Crippen molar-refractivity contribution in [1.82, 2.24) is 10.2 Å². The molecule has 0 aliphatic carbocycles. The molecule has 18 heavy (non-hydrogen) atoms. The molecule has 4 nitrogen and oxygen atoms in total. The molecule has 0 aromatic carbocycles. The molecular weight excluding hydrogens is 248 g/mol. The SMILES string of the molecule is CCC1CCCN(CCNC2CCS(=O)(=O)C2)C1. The Balaban J connectivity index is 1.63. The zero-order valence-corrected chi connectivity index (χ0v) is 12.2. The standard InChI is InChI=1S/C13H26N2O2S/c1-2-12-4-3-7-15(10-12)8-6-14-13-5-9-18(16,17)11-13/h12-14H,2-11H2,1H3. The second kappa shape index (κ2) is 6.35. The number of nitrogens with zero attached hydrogens (tertiary/aromatic N) is 1. The van der Waals surface area contributed by atoms with Crippen LogP contribution in [0.25, 0.3) is 0 Å². The molecule has 0 radical (unpaired) electrons. The van der Waals surface area contributed by atoms with Crippen molar-refractivity contribution in [3.05, 3.63) is 0 Å². The van der Waals surface area contributed by atoms with Crippen molar-refractivity contribution in [3.8, 4) is 0 Å². The summed E-state index contributed by atoms with van der Waals surface area (Å²) in [6.45, 7) is 6.70. The zero-order chi connectivity index (χ0) is 13.0. The Labute approximate surface area is 111 Å². The molecule has 1 N–H and O–H groups in total. The highest BCUT2D eigenvalue weighted by atomic mass is 32.2. The van der Waals surface area contributed by atoms with Crippen molar-refractivity contribution >= 4 is 9.84 Å². The molecule has 2 rings (SSSR count). The van der Waals surface area contributed by atoms with Crippen molar-refractivity contribution < 1.29 is 8.42 Å². The number of nitrogens with one attached hydrogen (secondary N) is 1. The number of rotatable bonds is 5. The van der Waals surface area contributed by atoms with Crippen LogP contribution in [0.3, 0.4) is 0 Å². The van der Waals surface area contributed by atoms with E-state index in [0.29, 0.717) is 11.5 Å². The summed E-state index contributed by atoms with van der Waals surface area (Å²) in [6, 6.07) is 0.196. The van der Waals surface area contributed by atoms with Crippen molar-refractivity contribution in [1.29, 1.82) is 0 Å². The maximum Gasteiger partial charge on any atom is 0.151 e. The molecule has 2 unspecified atom stereocenters. The molecule has 5 heteroatoms. The Morgan fingerprint density at radius 3 is 2.83 bits per heavy atom.